The van der Waals surface area contributed by atoms with Crippen LogP contribution in [0.15, 0.2) is 24.3 Å². The maximum absolute atomic E-state index is 13.8. The van der Waals surface area contributed by atoms with Gasteiger partial charge in [0.25, 0.3) is 5.91 Å². The van der Waals surface area contributed by atoms with E-state index in [9.17, 15) is 22.8 Å². The van der Waals surface area contributed by atoms with Gasteiger partial charge in [0.2, 0.25) is 5.95 Å². The number of hydrogen-bond donors (Lipinski definition) is 4. The first-order chi connectivity index (χ1) is 22.1. The van der Waals surface area contributed by atoms with Gasteiger partial charge >= 0.3 is 12.3 Å². The Kier molecular flexibility index (Phi) is 8.84. The Hall–Kier alpha value is -3.22. The van der Waals surface area contributed by atoms with Gasteiger partial charge in [-0.15, -0.1) is 0 Å². The molecule has 1 aliphatic heterocycles. The van der Waals surface area contributed by atoms with Crippen molar-refractivity contribution in [2.45, 2.75) is 82.7 Å². The number of ether oxygens (including phenoxy) is 1. The average molecular weight is 696 g/mol. The number of halogens is 5. The van der Waals surface area contributed by atoms with Crippen LogP contribution in [0, 0.1) is 11.8 Å². The van der Waals surface area contributed by atoms with Crippen molar-refractivity contribution in [1.82, 2.24) is 25.5 Å². The summed E-state index contributed by atoms with van der Waals surface area (Å²) in [6.07, 6.45) is -3.24. The Morgan fingerprint density at radius 2 is 1.85 bits per heavy atom. The minimum Gasteiger partial charge on any atom is -0.444 e. The highest BCUT2D eigenvalue weighted by Gasteiger charge is 2.59. The zero-order valence-corrected chi connectivity index (χ0v) is 28.2. The number of carbonyl (C=O) groups excluding carboxylic acids is 2. The minimum atomic E-state index is -4.21. The lowest BCUT2D eigenvalue weighted by Gasteiger charge is -2.30. The number of aryl methyl sites for hydroxylation is 1. The van der Waals surface area contributed by atoms with Gasteiger partial charge in [0.15, 0.2) is 0 Å². The van der Waals surface area contributed by atoms with Crippen LogP contribution in [0.1, 0.15) is 74.4 Å². The van der Waals surface area contributed by atoms with E-state index in [2.05, 4.69) is 21.3 Å². The molecule has 0 spiro atoms. The maximum atomic E-state index is 13.8. The molecular formula is C33H39Cl2F3N6O3. The smallest absolute Gasteiger partial charge is 0.407 e. The largest absolute Gasteiger partial charge is 0.444 e. The number of carbonyl (C=O) groups is 2. The number of imidazole rings is 1. The molecule has 254 valence electrons. The topological polar surface area (TPSA) is 109 Å². The van der Waals surface area contributed by atoms with Crippen molar-refractivity contribution in [3.8, 4) is 0 Å². The Bertz CT molecular complexity index is 1710. The molecule has 1 aromatic heterocycles. The van der Waals surface area contributed by atoms with Gasteiger partial charge in [0.05, 0.1) is 32.7 Å². The third kappa shape index (κ3) is 6.87. The molecule has 2 heterocycles. The molecule has 9 nitrogen and oxygen atoms in total. The molecular weight excluding hydrogens is 656 g/mol. The van der Waals surface area contributed by atoms with Crippen LogP contribution in [-0.4, -0.2) is 52.5 Å². The van der Waals surface area contributed by atoms with Gasteiger partial charge < -0.3 is 30.6 Å². The quantitative estimate of drug-likeness (QED) is 0.206. The second-order valence-electron chi connectivity index (χ2n) is 14.0. The van der Waals surface area contributed by atoms with Gasteiger partial charge in [-0.2, -0.15) is 13.2 Å². The van der Waals surface area contributed by atoms with E-state index in [4.69, 9.17) is 32.9 Å². The van der Waals surface area contributed by atoms with Gasteiger partial charge in [-0.05, 0) is 94.7 Å². The number of aromatic nitrogens is 2. The SMILES string of the molecule is Cn1c(Nc2c(Cl)ccc(CNC(=O)OC(C)(C)C)c2Cl)nc2cc(C(=O)N[C@H]3CC[C@H](C(F)(F)F)CC3)c(C34CNCC3C4)cc21. The number of anilines is 2. The summed E-state index contributed by atoms with van der Waals surface area (Å²) in [4.78, 5) is 30.8. The fraction of sp³-hybridized carbons (Fsp3) is 0.545. The number of nitrogens with zero attached hydrogens (tertiary/aromatic N) is 2. The van der Waals surface area contributed by atoms with Gasteiger partial charge in [0, 0.05) is 37.2 Å². The number of alkyl carbamates (subject to hydrolysis) is 1. The highest BCUT2D eigenvalue weighted by Crippen LogP contribution is 2.57. The van der Waals surface area contributed by atoms with Crippen LogP contribution < -0.4 is 21.3 Å². The fourth-order valence-corrected chi connectivity index (χ4v) is 7.51. The number of alkyl halides is 3. The third-order valence-corrected chi connectivity index (χ3v) is 10.4. The molecule has 14 heteroatoms. The zero-order valence-electron chi connectivity index (χ0n) is 26.7. The fourth-order valence-electron chi connectivity index (χ4n) is 6.98. The first-order valence-corrected chi connectivity index (χ1v) is 16.6. The lowest BCUT2D eigenvalue weighted by atomic mass is 9.85. The molecule has 3 aromatic rings. The van der Waals surface area contributed by atoms with E-state index in [0.29, 0.717) is 44.2 Å². The van der Waals surface area contributed by atoms with Crippen molar-refractivity contribution >= 4 is 57.9 Å². The van der Waals surface area contributed by atoms with Gasteiger partial charge in [0.1, 0.15) is 5.60 Å². The van der Waals surface area contributed by atoms with Crippen molar-refractivity contribution < 1.29 is 27.5 Å². The zero-order chi connectivity index (χ0) is 33.9. The van der Waals surface area contributed by atoms with Gasteiger partial charge in [-0.1, -0.05) is 29.3 Å². The van der Waals surface area contributed by atoms with Crippen molar-refractivity contribution in [2.75, 3.05) is 18.4 Å². The Morgan fingerprint density at radius 1 is 1.13 bits per heavy atom. The summed E-state index contributed by atoms with van der Waals surface area (Å²) >= 11 is 13.3. The maximum Gasteiger partial charge on any atom is 0.407 e. The summed E-state index contributed by atoms with van der Waals surface area (Å²) in [5.74, 6) is -0.763. The molecule has 2 aromatic carbocycles. The highest BCUT2D eigenvalue weighted by molar-refractivity contribution is 6.39. The number of rotatable bonds is 7. The van der Waals surface area contributed by atoms with E-state index in [1.807, 2.05) is 17.7 Å². The normalized spacial score (nSPS) is 24.1. The van der Waals surface area contributed by atoms with Crippen LogP contribution in [0.5, 0.6) is 0 Å². The lowest BCUT2D eigenvalue weighted by molar-refractivity contribution is -0.182. The number of nitrogens with one attached hydrogen (secondary N) is 4. The predicted octanol–water partition coefficient (Wildman–Crippen LogP) is 7.36. The second kappa shape index (κ2) is 12.3. The van der Waals surface area contributed by atoms with Crippen molar-refractivity contribution in [2.24, 2.45) is 18.9 Å². The van der Waals surface area contributed by atoms with Crippen molar-refractivity contribution in [3.05, 3.63) is 51.0 Å². The summed E-state index contributed by atoms with van der Waals surface area (Å²) in [6.45, 7) is 7.06. The van der Waals surface area contributed by atoms with Crippen molar-refractivity contribution in [1.29, 1.82) is 0 Å². The monoisotopic (exact) mass is 694 g/mol. The number of piperidine rings is 1. The molecule has 4 N–H and O–H groups in total. The molecule has 1 saturated heterocycles. The first-order valence-electron chi connectivity index (χ1n) is 15.9. The number of benzene rings is 2. The van der Waals surface area contributed by atoms with Crippen LogP contribution in [0.4, 0.5) is 29.6 Å². The Balaban J connectivity index is 1.27. The summed E-state index contributed by atoms with van der Waals surface area (Å²) in [7, 11) is 1.85. The van der Waals surface area contributed by atoms with Crippen molar-refractivity contribution in [3.63, 3.8) is 0 Å². The molecule has 0 bridgehead atoms. The second-order valence-corrected chi connectivity index (χ2v) is 14.8. The van der Waals surface area contributed by atoms with Crippen LogP contribution in [0.3, 0.4) is 0 Å². The summed E-state index contributed by atoms with van der Waals surface area (Å²) < 4.78 is 46.9. The Morgan fingerprint density at radius 3 is 2.47 bits per heavy atom. The molecule has 3 aliphatic rings. The van der Waals surface area contributed by atoms with E-state index >= 15 is 0 Å². The van der Waals surface area contributed by atoms with Gasteiger partial charge in [-0.3, -0.25) is 4.79 Å². The number of hydrogen-bond acceptors (Lipinski definition) is 6. The van der Waals surface area contributed by atoms with E-state index in [-0.39, 0.29) is 49.6 Å². The molecule has 0 radical (unpaired) electrons. The molecule has 2 unspecified atom stereocenters. The highest BCUT2D eigenvalue weighted by atomic mass is 35.5. The predicted molar refractivity (Wildman–Crippen MR) is 175 cm³/mol. The van der Waals surface area contributed by atoms with Crippen LogP contribution >= 0.6 is 23.2 Å². The minimum absolute atomic E-state index is 0.00886. The van der Waals surface area contributed by atoms with Crippen LogP contribution in [0.25, 0.3) is 11.0 Å². The lowest BCUT2D eigenvalue weighted by Crippen LogP contribution is -2.40. The average Bonchev–Trinajstić information content (AvgIpc) is 3.40. The molecule has 2 aliphatic carbocycles. The van der Waals surface area contributed by atoms with E-state index in [1.54, 1.807) is 39.0 Å². The molecule has 2 amide bonds. The van der Waals surface area contributed by atoms with E-state index in [0.717, 1.165) is 30.6 Å². The van der Waals surface area contributed by atoms with Crippen LogP contribution in [0.2, 0.25) is 10.0 Å². The standard InChI is InChI=1S/C33H39Cl2F3N6O3/c1-31(2,3)47-30(46)40-14-17-5-10-23(34)27(26(17)35)43-29-42-24-11-21(28(45)41-20-8-6-18(7-9-20)33(36,37)38)22(12-25(24)44(29)4)32-13-19(32)15-39-16-32/h5,10-12,18-20,39H,6-9,13-16H2,1-4H3,(H,40,46)(H,41,45)(H,42,43)/t18-,19?,20-,32?. The first kappa shape index (κ1) is 33.7. The summed E-state index contributed by atoms with van der Waals surface area (Å²) in [6, 6.07) is 6.86. The molecule has 3 fully saturated rings. The summed E-state index contributed by atoms with van der Waals surface area (Å²) in [5.41, 5.74) is 2.98. The number of fused-ring (bicyclic) bond motifs is 2. The molecule has 6 rings (SSSR count). The van der Waals surface area contributed by atoms with E-state index < -0.39 is 23.8 Å². The van der Waals surface area contributed by atoms with Gasteiger partial charge in [-0.25, -0.2) is 9.78 Å². The molecule has 47 heavy (non-hydrogen) atoms. The Labute approximate surface area is 281 Å². The van der Waals surface area contributed by atoms with E-state index in [1.165, 1.54) is 0 Å². The third-order valence-electron chi connectivity index (χ3n) is 9.62. The van der Waals surface area contributed by atoms with Crippen LogP contribution in [-0.2, 0) is 23.7 Å². The summed E-state index contributed by atoms with van der Waals surface area (Å²) in [5, 5.41) is 13.1. The molecule has 2 saturated carbocycles. The molecule has 2 atom stereocenters. The number of amides is 2.